The number of anilines is 2. The van der Waals surface area contributed by atoms with Gasteiger partial charge in [0.1, 0.15) is 0 Å². The van der Waals surface area contributed by atoms with Gasteiger partial charge in [0.15, 0.2) is 0 Å². The normalized spacial score (nSPS) is 10.4. The fourth-order valence-corrected chi connectivity index (χ4v) is 1.97. The van der Waals surface area contributed by atoms with E-state index < -0.39 is 0 Å². The van der Waals surface area contributed by atoms with Crippen LogP contribution in [0.15, 0.2) is 18.5 Å². The van der Waals surface area contributed by atoms with E-state index in [1.807, 2.05) is 12.4 Å². The summed E-state index contributed by atoms with van der Waals surface area (Å²) in [7, 11) is 0. The third-order valence-electron chi connectivity index (χ3n) is 3.03. The molecule has 3 nitrogen and oxygen atoms in total. The Morgan fingerprint density at radius 2 is 1.72 bits per heavy atom. The highest BCUT2D eigenvalue weighted by Gasteiger charge is 2.06. The van der Waals surface area contributed by atoms with E-state index in [4.69, 9.17) is 0 Å². The van der Waals surface area contributed by atoms with Crippen molar-refractivity contribution < 1.29 is 0 Å². The molecule has 102 valence electrons. The quantitative estimate of drug-likeness (QED) is 0.719. The maximum Gasteiger partial charge on any atom is 0.0573 e. The molecule has 0 aliphatic rings. The Hall–Kier alpha value is -1.25. The number of aromatic nitrogens is 1. The van der Waals surface area contributed by atoms with Crippen molar-refractivity contribution in [1.29, 1.82) is 0 Å². The molecule has 0 aromatic carbocycles. The second kappa shape index (κ2) is 8.78. The van der Waals surface area contributed by atoms with Crippen LogP contribution in [0.4, 0.5) is 11.4 Å². The summed E-state index contributed by atoms with van der Waals surface area (Å²) in [5.74, 6) is 0. The first-order valence-electron chi connectivity index (χ1n) is 7.25. The van der Waals surface area contributed by atoms with Crippen LogP contribution in [0.25, 0.3) is 0 Å². The fraction of sp³-hybridized carbons (Fsp3) is 0.667. The van der Waals surface area contributed by atoms with Crippen molar-refractivity contribution in [2.24, 2.45) is 0 Å². The molecule has 0 atom stereocenters. The summed E-state index contributed by atoms with van der Waals surface area (Å²) in [6.45, 7) is 9.80. The van der Waals surface area contributed by atoms with E-state index in [1.165, 1.54) is 31.4 Å². The minimum absolute atomic E-state index is 0.940. The predicted molar refractivity (Wildman–Crippen MR) is 80.4 cm³/mol. The number of nitrogens with one attached hydrogen (secondary N) is 1. The maximum atomic E-state index is 4.34. The fourth-order valence-electron chi connectivity index (χ4n) is 1.97. The van der Waals surface area contributed by atoms with E-state index in [2.05, 4.69) is 42.0 Å². The molecule has 0 radical (unpaired) electrons. The van der Waals surface area contributed by atoms with Crippen LogP contribution in [0.5, 0.6) is 0 Å². The monoisotopic (exact) mass is 249 g/mol. The molecule has 0 aliphatic heterocycles. The van der Waals surface area contributed by atoms with Crippen molar-refractivity contribution in [2.75, 3.05) is 29.9 Å². The van der Waals surface area contributed by atoms with Gasteiger partial charge in [0.05, 0.1) is 23.8 Å². The maximum absolute atomic E-state index is 4.34. The van der Waals surface area contributed by atoms with Crippen LogP contribution in [0.3, 0.4) is 0 Å². The number of hydrogen-bond acceptors (Lipinski definition) is 3. The van der Waals surface area contributed by atoms with Crippen LogP contribution in [-0.4, -0.2) is 24.6 Å². The second-order valence-electron chi connectivity index (χ2n) is 4.66. The Bertz CT molecular complexity index is 317. The topological polar surface area (TPSA) is 28.2 Å². The van der Waals surface area contributed by atoms with Crippen molar-refractivity contribution in [3.63, 3.8) is 0 Å². The molecule has 0 saturated heterocycles. The Balaban J connectivity index is 2.72. The minimum Gasteiger partial charge on any atom is -0.384 e. The summed E-state index contributed by atoms with van der Waals surface area (Å²) in [6, 6.07) is 2.21. The lowest BCUT2D eigenvalue weighted by molar-refractivity contribution is 0.677. The Morgan fingerprint density at radius 3 is 2.28 bits per heavy atom. The van der Waals surface area contributed by atoms with Gasteiger partial charge in [-0.1, -0.05) is 26.7 Å². The van der Waals surface area contributed by atoms with Crippen molar-refractivity contribution in [3.8, 4) is 0 Å². The van der Waals surface area contributed by atoms with Crippen LogP contribution in [0, 0.1) is 0 Å². The van der Waals surface area contributed by atoms with E-state index in [0.717, 1.165) is 25.3 Å². The number of pyridine rings is 1. The molecule has 1 N–H and O–H groups in total. The van der Waals surface area contributed by atoms with Gasteiger partial charge < -0.3 is 10.2 Å². The molecule has 0 saturated carbocycles. The molecule has 0 spiro atoms. The third-order valence-corrected chi connectivity index (χ3v) is 3.03. The molecule has 0 unspecified atom stereocenters. The zero-order valence-electron chi connectivity index (χ0n) is 12.1. The molecule has 3 heteroatoms. The summed E-state index contributed by atoms with van der Waals surface area (Å²) in [5, 5.41) is 3.33. The van der Waals surface area contributed by atoms with Crippen LogP contribution < -0.4 is 10.2 Å². The first kappa shape index (κ1) is 14.8. The molecule has 1 rings (SSSR count). The lowest BCUT2D eigenvalue weighted by atomic mass is 10.2. The highest BCUT2D eigenvalue weighted by Crippen LogP contribution is 2.19. The van der Waals surface area contributed by atoms with E-state index in [0.29, 0.717) is 0 Å². The van der Waals surface area contributed by atoms with Crippen molar-refractivity contribution in [3.05, 3.63) is 18.5 Å². The molecular formula is C15H27N3. The summed E-state index contributed by atoms with van der Waals surface area (Å²) in [4.78, 5) is 6.80. The van der Waals surface area contributed by atoms with Crippen LogP contribution in [0.2, 0.25) is 0 Å². The minimum atomic E-state index is 0.940. The number of hydrogen-bond donors (Lipinski definition) is 1. The van der Waals surface area contributed by atoms with E-state index in [9.17, 15) is 0 Å². The van der Waals surface area contributed by atoms with Gasteiger partial charge in [0.25, 0.3) is 0 Å². The van der Waals surface area contributed by atoms with Gasteiger partial charge in [-0.15, -0.1) is 0 Å². The first-order valence-corrected chi connectivity index (χ1v) is 7.25. The lowest BCUT2D eigenvalue weighted by Gasteiger charge is -2.24. The van der Waals surface area contributed by atoms with Crippen LogP contribution in [-0.2, 0) is 0 Å². The van der Waals surface area contributed by atoms with Crippen molar-refractivity contribution in [1.82, 2.24) is 4.98 Å². The van der Waals surface area contributed by atoms with Crippen molar-refractivity contribution >= 4 is 11.4 Å². The van der Waals surface area contributed by atoms with Gasteiger partial charge in [-0.25, -0.2) is 0 Å². The molecule has 0 amide bonds. The molecule has 0 bridgehead atoms. The summed E-state index contributed by atoms with van der Waals surface area (Å²) in [5.41, 5.74) is 2.36. The van der Waals surface area contributed by atoms with Crippen LogP contribution >= 0.6 is 0 Å². The molecule has 1 heterocycles. The number of nitrogens with zero attached hydrogens (tertiary/aromatic N) is 2. The summed E-state index contributed by atoms with van der Waals surface area (Å²) in [6.07, 6.45) is 8.84. The van der Waals surface area contributed by atoms with Gasteiger partial charge in [-0.05, 0) is 25.8 Å². The molecule has 1 aromatic rings. The number of unbranched alkanes of at least 4 members (excludes halogenated alkanes) is 2. The zero-order valence-corrected chi connectivity index (χ0v) is 12.1. The smallest absolute Gasteiger partial charge is 0.0573 e. The molecular weight excluding hydrogens is 222 g/mol. The average Bonchev–Trinajstić information content (AvgIpc) is 2.40. The van der Waals surface area contributed by atoms with Gasteiger partial charge >= 0.3 is 0 Å². The van der Waals surface area contributed by atoms with E-state index >= 15 is 0 Å². The van der Waals surface area contributed by atoms with Crippen LogP contribution in [0.1, 0.15) is 46.5 Å². The van der Waals surface area contributed by atoms with Crippen molar-refractivity contribution in [2.45, 2.75) is 46.5 Å². The molecule has 0 fully saturated rings. The highest BCUT2D eigenvalue weighted by molar-refractivity contribution is 5.55. The number of rotatable bonds is 9. The first-order chi connectivity index (χ1) is 8.81. The summed E-state index contributed by atoms with van der Waals surface area (Å²) < 4.78 is 0. The van der Waals surface area contributed by atoms with E-state index in [1.54, 1.807) is 0 Å². The largest absolute Gasteiger partial charge is 0.384 e. The second-order valence-corrected chi connectivity index (χ2v) is 4.66. The molecule has 1 aromatic heterocycles. The summed E-state index contributed by atoms with van der Waals surface area (Å²) >= 11 is 0. The van der Waals surface area contributed by atoms with Gasteiger partial charge in [0.2, 0.25) is 0 Å². The third kappa shape index (κ3) is 4.94. The highest BCUT2D eigenvalue weighted by atomic mass is 15.1. The standard InChI is InChI=1S/C15H27N3/c1-4-7-9-18(10-8-5-2)15-11-14(17-6-3)12-16-13-15/h11-13,17H,4-10H2,1-3H3. The Labute approximate surface area is 112 Å². The average molecular weight is 249 g/mol. The Kier molecular flexibility index (Phi) is 7.23. The SMILES string of the molecule is CCCCN(CCCC)c1cncc(NCC)c1. The zero-order chi connectivity index (χ0) is 13.2. The lowest BCUT2D eigenvalue weighted by Crippen LogP contribution is -2.25. The molecule has 0 aliphatic carbocycles. The van der Waals surface area contributed by atoms with Gasteiger partial charge in [-0.2, -0.15) is 0 Å². The van der Waals surface area contributed by atoms with E-state index in [-0.39, 0.29) is 0 Å². The van der Waals surface area contributed by atoms with Gasteiger partial charge in [-0.3, -0.25) is 4.98 Å². The predicted octanol–water partition coefficient (Wildman–Crippen LogP) is 3.92. The molecule has 18 heavy (non-hydrogen) atoms. The van der Waals surface area contributed by atoms with Gasteiger partial charge in [0, 0.05) is 19.6 Å². The Morgan fingerprint density at radius 1 is 1.06 bits per heavy atom.